The lowest BCUT2D eigenvalue weighted by Crippen LogP contribution is -2.20. The molecule has 3 aromatic rings. The molecule has 0 bridgehead atoms. The van der Waals surface area contributed by atoms with Gasteiger partial charge in [0, 0.05) is 30.1 Å². The number of hydrogen-bond donors (Lipinski definition) is 2. The fraction of sp³-hybridized carbons (Fsp3) is 0.235. The maximum absolute atomic E-state index is 11.3. The van der Waals surface area contributed by atoms with Crippen molar-refractivity contribution in [3.63, 3.8) is 0 Å². The number of benzene rings is 1. The van der Waals surface area contributed by atoms with Crippen molar-refractivity contribution in [3.8, 4) is 0 Å². The van der Waals surface area contributed by atoms with Crippen LogP contribution in [0.5, 0.6) is 0 Å². The molecule has 1 amide bonds. The highest BCUT2D eigenvalue weighted by atomic mass is 16.1. The topological polar surface area (TPSA) is 84.7 Å². The molecule has 2 heterocycles. The van der Waals surface area contributed by atoms with Gasteiger partial charge in [-0.25, -0.2) is 0 Å². The predicted molar refractivity (Wildman–Crippen MR) is 85.1 cm³/mol. The Morgan fingerprint density at radius 1 is 1.27 bits per heavy atom. The molecule has 0 aliphatic rings. The average molecular weight is 294 g/mol. The highest BCUT2D eigenvalue weighted by molar-refractivity contribution is 5.79. The molecule has 0 fully saturated rings. The van der Waals surface area contributed by atoms with Gasteiger partial charge in [-0.3, -0.25) is 14.9 Å². The van der Waals surface area contributed by atoms with Crippen LogP contribution in [0.4, 0.5) is 0 Å². The number of carbonyl (C=O) groups excluding carboxylic acids is 1. The molecule has 0 aliphatic carbocycles. The zero-order valence-electron chi connectivity index (χ0n) is 12.4. The standard InChI is InChI=1S/C17H18N4O/c1-11(7-16(18)22)17(13-3-2-6-19-9-13)12-4-5-15-14(8-12)10-20-21-15/h2-6,8-11,17H,7H2,1H3,(H2,18,22)(H,20,21). The largest absolute Gasteiger partial charge is 0.370 e. The number of nitrogens with one attached hydrogen (secondary N) is 1. The van der Waals surface area contributed by atoms with E-state index in [1.54, 1.807) is 12.4 Å². The third-order valence-corrected chi connectivity index (χ3v) is 3.96. The van der Waals surface area contributed by atoms with Gasteiger partial charge in [0.2, 0.25) is 5.91 Å². The lowest BCUT2D eigenvalue weighted by atomic mass is 9.80. The van der Waals surface area contributed by atoms with E-state index in [9.17, 15) is 4.79 Å². The Morgan fingerprint density at radius 3 is 2.86 bits per heavy atom. The third-order valence-electron chi connectivity index (χ3n) is 3.96. The molecule has 112 valence electrons. The minimum absolute atomic E-state index is 0.0699. The quantitative estimate of drug-likeness (QED) is 0.758. The number of nitrogens with two attached hydrogens (primary N) is 1. The summed E-state index contributed by atoms with van der Waals surface area (Å²) < 4.78 is 0. The van der Waals surface area contributed by atoms with E-state index in [1.165, 1.54) is 0 Å². The van der Waals surface area contributed by atoms with E-state index in [0.717, 1.165) is 22.0 Å². The first-order valence-corrected chi connectivity index (χ1v) is 7.26. The van der Waals surface area contributed by atoms with Crippen LogP contribution < -0.4 is 5.73 Å². The Bertz CT molecular complexity index is 781. The van der Waals surface area contributed by atoms with Gasteiger partial charge in [-0.1, -0.05) is 19.1 Å². The maximum atomic E-state index is 11.3. The number of fused-ring (bicyclic) bond motifs is 1. The molecule has 2 aromatic heterocycles. The van der Waals surface area contributed by atoms with Crippen molar-refractivity contribution >= 4 is 16.8 Å². The molecular formula is C17H18N4O. The Balaban J connectivity index is 2.05. The number of pyridine rings is 1. The molecule has 0 radical (unpaired) electrons. The number of primary amides is 1. The molecule has 5 heteroatoms. The normalized spacial score (nSPS) is 13.9. The van der Waals surface area contributed by atoms with Crippen LogP contribution in [0.25, 0.3) is 10.9 Å². The maximum Gasteiger partial charge on any atom is 0.217 e. The molecular weight excluding hydrogens is 276 g/mol. The van der Waals surface area contributed by atoms with Gasteiger partial charge >= 0.3 is 0 Å². The van der Waals surface area contributed by atoms with Crippen LogP contribution in [-0.4, -0.2) is 21.1 Å². The van der Waals surface area contributed by atoms with E-state index in [1.807, 2.05) is 31.3 Å². The molecule has 3 rings (SSSR count). The van der Waals surface area contributed by atoms with Gasteiger partial charge in [0.05, 0.1) is 11.7 Å². The van der Waals surface area contributed by atoms with Gasteiger partial charge in [-0.05, 0) is 35.2 Å². The fourth-order valence-electron chi connectivity index (χ4n) is 3.00. The zero-order valence-corrected chi connectivity index (χ0v) is 12.4. The molecule has 0 aliphatic heterocycles. The van der Waals surface area contributed by atoms with Crippen LogP contribution in [0.1, 0.15) is 30.4 Å². The van der Waals surface area contributed by atoms with Crippen molar-refractivity contribution in [1.29, 1.82) is 0 Å². The number of carbonyl (C=O) groups is 1. The zero-order chi connectivity index (χ0) is 15.5. The number of amides is 1. The van der Waals surface area contributed by atoms with Crippen molar-refractivity contribution in [2.75, 3.05) is 0 Å². The smallest absolute Gasteiger partial charge is 0.217 e. The van der Waals surface area contributed by atoms with Crippen LogP contribution in [0.2, 0.25) is 0 Å². The van der Waals surface area contributed by atoms with Crippen LogP contribution in [0.3, 0.4) is 0 Å². The second kappa shape index (κ2) is 5.97. The summed E-state index contributed by atoms with van der Waals surface area (Å²) in [6, 6.07) is 10.1. The number of aromatic nitrogens is 3. The van der Waals surface area contributed by atoms with Crippen molar-refractivity contribution in [3.05, 3.63) is 60.0 Å². The highest BCUT2D eigenvalue weighted by Gasteiger charge is 2.23. The Morgan fingerprint density at radius 2 is 2.14 bits per heavy atom. The number of aromatic amines is 1. The molecule has 0 saturated heterocycles. The summed E-state index contributed by atoms with van der Waals surface area (Å²) >= 11 is 0. The lowest BCUT2D eigenvalue weighted by Gasteiger charge is -2.24. The first-order valence-electron chi connectivity index (χ1n) is 7.26. The molecule has 0 saturated carbocycles. The molecule has 22 heavy (non-hydrogen) atoms. The average Bonchev–Trinajstić information content (AvgIpc) is 2.95. The first kappa shape index (κ1) is 14.3. The molecule has 2 atom stereocenters. The lowest BCUT2D eigenvalue weighted by molar-refractivity contribution is -0.118. The van der Waals surface area contributed by atoms with E-state index < -0.39 is 0 Å². The van der Waals surface area contributed by atoms with Gasteiger partial charge in [-0.2, -0.15) is 5.10 Å². The molecule has 2 unspecified atom stereocenters. The molecule has 3 N–H and O–H groups in total. The molecule has 5 nitrogen and oxygen atoms in total. The second-order valence-corrected chi connectivity index (χ2v) is 5.63. The summed E-state index contributed by atoms with van der Waals surface area (Å²) in [5.74, 6) is -0.127. The summed E-state index contributed by atoms with van der Waals surface area (Å²) in [5, 5.41) is 8.06. The monoisotopic (exact) mass is 294 g/mol. The second-order valence-electron chi connectivity index (χ2n) is 5.63. The van der Waals surface area contributed by atoms with Gasteiger partial charge < -0.3 is 5.73 Å². The van der Waals surface area contributed by atoms with Gasteiger partial charge in [0.1, 0.15) is 0 Å². The van der Waals surface area contributed by atoms with E-state index in [2.05, 4.69) is 27.3 Å². The summed E-state index contributed by atoms with van der Waals surface area (Å²) in [4.78, 5) is 15.5. The molecule has 1 aromatic carbocycles. The summed E-state index contributed by atoms with van der Waals surface area (Å²) in [5.41, 5.74) is 8.61. The van der Waals surface area contributed by atoms with E-state index in [0.29, 0.717) is 6.42 Å². The SMILES string of the molecule is CC(CC(N)=O)C(c1cccnc1)c1ccc2[nH]ncc2c1. The highest BCUT2D eigenvalue weighted by Crippen LogP contribution is 2.34. The molecule has 0 spiro atoms. The Kier molecular flexibility index (Phi) is 3.87. The summed E-state index contributed by atoms with van der Waals surface area (Å²) in [7, 11) is 0. The Hall–Kier alpha value is -2.69. The minimum atomic E-state index is -0.286. The van der Waals surface area contributed by atoms with Crippen molar-refractivity contribution < 1.29 is 4.79 Å². The predicted octanol–water partition coefficient (Wildman–Crippen LogP) is 2.60. The van der Waals surface area contributed by atoms with Crippen LogP contribution in [0.15, 0.2) is 48.9 Å². The fourth-order valence-corrected chi connectivity index (χ4v) is 3.00. The van der Waals surface area contributed by atoms with Crippen molar-refractivity contribution in [2.24, 2.45) is 11.7 Å². The van der Waals surface area contributed by atoms with Crippen LogP contribution in [-0.2, 0) is 4.79 Å². The summed E-state index contributed by atoms with van der Waals surface area (Å²) in [6.45, 7) is 2.04. The van der Waals surface area contributed by atoms with E-state index in [4.69, 9.17) is 5.73 Å². The van der Waals surface area contributed by atoms with Crippen LogP contribution in [0, 0.1) is 5.92 Å². The minimum Gasteiger partial charge on any atom is -0.370 e. The summed E-state index contributed by atoms with van der Waals surface area (Å²) in [6.07, 6.45) is 5.74. The van der Waals surface area contributed by atoms with Gasteiger partial charge in [-0.15, -0.1) is 0 Å². The Labute approximate surface area is 128 Å². The number of hydrogen-bond acceptors (Lipinski definition) is 3. The van der Waals surface area contributed by atoms with Crippen LogP contribution >= 0.6 is 0 Å². The third kappa shape index (κ3) is 2.83. The first-order chi connectivity index (χ1) is 10.6. The van der Waals surface area contributed by atoms with Crippen molar-refractivity contribution in [1.82, 2.24) is 15.2 Å². The number of nitrogens with zero attached hydrogens (tertiary/aromatic N) is 2. The van der Waals surface area contributed by atoms with Gasteiger partial charge in [0.25, 0.3) is 0 Å². The van der Waals surface area contributed by atoms with Crippen molar-refractivity contribution in [2.45, 2.75) is 19.3 Å². The number of H-pyrrole nitrogens is 1. The number of rotatable bonds is 5. The van der Waals surface area contributed by atoms with E-state index in [-0.39, 0.29) is 17.7 Å². The van der Waals surface area contributed by atoms with E-state index >= 15 is 0 Å². The van der Waals surface area contributed by atoms with Gasteiger partial charge in [0.15, 0.2) is 0 Å².